The van der Waals surface area contributed by atoms with Crippen LogP contribution in [0.5, 0.6) is 23.0 Å². The minimum Gasteiger partial charge on any atom is -0.493 e. The lowest BCUT2D eigenvalue weighted by Gasteiger charge is -2.31. The topological polar surface area (TPSA) is 274 Å². The molecule has 2 saturated heterocycles. The molecule has 3 aromatic rings. The van der Waals surface area contributed by atoms with Crippen LogP contribution in [0.1, 0.15) is 66.3 Å². The number of anilines is 3. The SMILES string of the molecule is C=CCOC(=O)N[C@H](C(=O)N[C@@H](C)C(=O)Nc1ccc(COC(=O)N2c3cc(OCCCOc4cc5c(cc4OC)C(=O)N4CC(=C)C[C@H]4[C@H](O)N5C(=O)OCC=C)c(OC)cc3C(=O)N3CC(=C)C[C@H]3[C@@H]2O)cc1)C(C)C. The molecular formula is C55H65N7O16. The molecule has 78 heavy (non-hydrogen) atoms. The molecule has 0 aromatic heterocycles. The number of fused-ring (bicyclic) bond motifs is 4. The Balaban J connectivity index is 1.03. The molecule has 5 N–H and O–H groups in total. The molecule has 0 saturated carbocycles. The molecule has 4 aliphatic rings. The molecule has 0 aliphatic carbocycles. The van der Waals surface area contributed by atoms with Gasteiger partial charge in [-0.25, -0.2) is 24.2 Å². The molecule has 0 bridgehead atoms. The summed E-state index contributed by atoms with van der Waals surface area (Å²) in [4.78, 5) is 98.9. The normalized spacial score (nSPS) is 19.2. The van der Waals surface area contributed by atoms with Gasteiger partial charge in [-0.3, -0.25) is 19.2 Å². The van der Waals surface area contributed by atoms with Crippen LogP contribution in [0.25, 0.3) is 0 Å². The smallest absolute Gasteiger partial charge is 0.416 e. The number of hydrogen-bond acceptors (Lipinski definition) is 16. The average molecular weight is 1080 g/mol. The van der Waals surface area contributed by atoms with E-state index in [-0.39, 0.29) is 117 Å². The lowest BCUT2D eigenvalue weighted by molar-refractivity contribution is -0.128. The van der Waals surface area contributed by atoms with Crippen molar-refractivity contribution >= 4 is 59.0 Å². The zero-order valence-corrected chi connectivity index (χ0v) is 44.1. The fourth-order valence-electron chi connectivity index (χ4n) is 9.35. The molecule has 2 fully saturated rings. The van der Waals surface area contributed by atoms with E-state index in [0.29, 0.717) is 22.4 Å². The van der Waals surface area contributed by atoms with Crippen molar-refractivity contribution in [2.24, 2.45) is 5.92 Å². The predicted octanol–water partition coefficient (Wildman–Crippen LogP) is 5.41. The molecule has 7 amide bonds. The number of amides is 7. The Labute approximate surface area is 450 Å². The molecule has 0 radical (unpaired) electrons. The van der Waals surface area contributed by atoms with E-state index in [1.54, 1.807) is 38.1 Å². The summed E-state index contributed by atoms with van der Waals surface area (Å²) in [5.41, 5.74) is 2.37. The fraction of sp³-hybridized carbons (Fsp3) is 0.400. The van der Waals surface area contributed by atoms with Crippen LogP contribution in [0.3, 0.4) is 0 Å². The van der Waals surface area contributed by atoms with Crippen molar-refractivity contribution in [2.75, 3.05) is 68.9 Å². The number of aliphatic hydroxyl groups excluding tert-OH is 2. The number of nitrogens with one attached hydrogen (secondary N) is 3. The first-order chi connectivity index (χ1) is 37.3. The first kappa shape index (κ1) is 57.1. The maximum absolute atomic E-state index is 14.2. The van der Waals surface area contributed by atoms with E-state index in [9.17, 15) is 43.8 Å². The van der Waals surface area contributed by atoms with Crippen molar-refractivity contribution in [3.8, 4) is 23.0 Å². The van der Waals surface area contributed by atoms with Gasteiger partial charge >= 0.3 is 18.3 Å². The first-order valence-corrected chi connectivity index (χ1v) is 25.1. The number of benzene rings is 3. The summed E-state index contributed by atoms with van der Waals surface area (Å²) < 4.78 is 39.6. The number of alkyl carbamates (subject to hydrolysis) is 1. The van der Waals surface area contributed by atoms with Crippen molar-refractivity contribution < 1.29 is 76.9 Å². The average Bonchev–Trinajstić information content (AvgIpc) is 4.22. The zero-order valence-electron chi connectivity index (χ0n) is 44.1. The molecule has 3 aromatic carbocycles. The van der Waals surface area contributed by atoms with Gasteiger partial charge in [-0.15, -0.1) is 0 Å². The number of methoxy groups -OCH3 is 2. The first-order valence-electron chi connectivity index (χ1n) is 25.1. The second-order valence-electron chi connectivity index (χ2n) is 19.2. The zero-order chi connectivity index (χ0) is 56.5. The molecule has 0 unspecified atom stereocenters. The van der Waals surface area contributed by atoms with Gasteiger partial charge in [0.05, 0.1) is 62.0 Å². The lowest BCUT2D eigenvalue weighted by Crippen LogP contribution is -2.53. The van der Waals surface area contributed by atoms with Crippen molar-refractivity contribution in [3.05, 3.63) is 115 Å². The van der Waals surface area contributed by atoms with Gasteiger partial charge in [-0.2, -0.15) is 0 Å². The van der Waals surface area contributed by atoms with Crippen LogP contribution < -0.4 is 44.7 Å². The quantitative estimate of drug-likeness (QED) is 0.0538. The van der Waals surface area contributed by atoms with Crippen molar-refractivity contribution in [2.45, 2.75) is 83.3 Å². The van der Waals surface area contributed by atoms with E-state index >= 15 is 0 Å². The van der Waals surface area contributed by atoms with E-state index in [1.807, 2.05) is 0 Å². The second-order valence-corrected chi connectivity index (χ2v) is 19.2. The third-order valence-electron chi connectivity index (χ3n) is 13.3. The summed E-state index contributed by atoms with van der Waals surface area (Å²) in [5, 5.41) is 31.3. The number of ether oxygens (including phenoxy) is 7. The maximum Gasteiger partial charge on any atom is 0.416 e. The Hall–Kier alpha value is -8.57. The summed E-state index contributed by atoms with van der Waals surface area (Å²) in [6.07, 6.45) is -2.32. The molecule has 23 heteroatoms. The van der Waals surface area contributed by atoms with E-state index in [0.717, 1.165) is 9.80 Å². The summed E-state index contributed by atoms with van der Waals surface area (Å²) in [6.45, 7) is 19.9. The Bertz CT molecular complexity index is 2860. The number of carbonyl (C=O) groups excluding carboxylic acids is 7. The molecular weight excluding hydrogens is 1010 g/mol. The maximum atomic E-state index is 14.2. The Morgan fingerprint density at radius 2 is 1.17 bits per heavy atom. The molecule has 416 valence electrons. The number of hydrogen-bond donors (Lipinski definition) is 5. The van der Waals surface area contributed by atoms with E-state index in [2.05, 4.69) is 42.3 Å². The van der Waals surface area contributed by atoms with Gasteiger partial charge in [0.25, 0.3) is 11.8 Å². The molecule has 7 rings (SSSR count). The minimum absolute atomic E-state index is 0.00370. The molecule has 23 nitrogen and oxygen atoms in total. The Kier molecular flexibility index (Phi) is 18.4. The highest BCUT2D eigenvalue weighted by Crippen LogP contribution is 2.44. The molecule has 0 spiro atoms. The molecule has 4 aliphatic heterocycles. The predicted molar refractivity (Wildman–Crippen MR) is 283 cm³/mol. The number of rotatable bonds is 20. The highest BCUT2D eigenvalue weighted by molar-refractivity contribution is 6.07. The summed E-state index contributed by atoms with van der Waals surface area (Å²) in [7, 11) is 2.78. The van der Waals surface area contributed by atoms with Crippen LogP contribution in [0.4, 0.5) is 31.4 Å². The van der Waals surface area contributed by atoms with Gasteiger partial charge in [0.1, 0.15) is 31.9 Å². The van der Waals surface area contributed by atoms with Gasteiger partial charge in [0.2, 0.25) is 11.8 Å². The third-order valence-corrected chi connectivity index (χ3v) is 13.3. The standard InChI is InChI=1S/C55H65N7O16/c1-10-17-76-53(69)58-46(30(3)4)48(64)56-33(7)47(63)57-35-15-13-34(14-16-35)29-78-55(71)62-39-26-45(43(73-9)24-37(39)50(66)60-28-32(6)22-41(60)52(62)68)75-20-12-19-74-44-25-38-36(23-42(44)72-8)49(65)59-27-31(5)21-40(59)51(67)61(38)54(70)77-18-11-2/h10-11,13-16,23-26,30,33,40-41,46,51-52,67-68H,1-2,5-6,12,17-22,27-29H2,3-4,7-9H3,(H,56,64)(H,57,63)(H,58,69)/t33-,40-,41-,46-,51-,52-/m0/s1. The van der Waals surface area contributed by atoms with Gasteiger partial charge in [0, 0.05) is 37.3 Å². The summed E-state index contributed by atoms with van der Waals surface area (Å²) in [6, 6.07) is 8.39. The van der Waals surface area contributed by atoms with Gasteiger partial charge in [-0.05, 0) is 55.5 Å². The lowest BCUT2D eigenvalue weighted by atomic mass is 10.0. The van der Waals surface area contributed by atoms with Crippen LogP contribution in [0.15, 0.2) is 98.1 Å². The van der Waals surface area contributed by atoms with Crippen LogP contribution in [-0.2, 0) is 30.4 Å². The highest BCUT2D eigenvalue weighted by Gasteiger charge is 2.48. The van der Waals surface area contributed by atoms with Gasteiger partial charge < -0.3 is 69.1 Å². The number of carbonyl (C=O) groups is 7. The largest absolute Gasteiger partial charge is 0.493 e. The van der Waals surface area contributed by atoms with E-state index in [1.165, 1.54) is 67.4 Å². The molecule has 4 heterocycles. The third kappa shape index (κ3) is 12.5. The highest BCUT2D eigenvalue weighted by atomic mass is 16.6. The van der Waals surface area contributed by atoms with Crippen LogP contribution in [0, 0.1) is 5.92 Å². The van der Waals surface area contributed by atoms with E-state index in [4.69, 9.17) is 33.2 Å². The van der Waals surface area contributed by atoms with Gasteiger partial charge in [-0.1, -0.05) is 75.6 Å². The Morgan fingerprint density at radius 1 is 0.679 bits per heavy atom. The molecule has 6 atom stereocenters. The van der Waals surface area contributed by atoms with Crippen molar-refractivity contribution in [1.82, 2.24) is 20.4 Å². The monoisotopic (exact) mass is 1080 g/mol. The summed E-state index contributed by atoms with van der Waals surface area (Å²) >= 11 is 0. The fourth-order valence-corrected chi connectivity index (χ4v) is 9.35. The van der Waals surface area contributed by atoms with Crippen LogP contribution in [-0.4, -0.2) is 152 Å². The number of aliphatic hydroxyl groups is 2. The van der Waals surface area contributed by atoms with Crippen LogP contribution >= 0.6 is 0 Å². The summed E-state index contributed by atoms with van der Waals surface area (Å²) in [5.74, 6) is -1.83. The van der Waals surface area contributed by atoms with Gasteiger partial charge in [0.15, 0.2) is 35.5 Å². The Morgan fingerprint density at radius 3 is 1.64 bits per heavy atom. The van der Waals surface area contributed by atoms with Crippen molar-refractivity contribution in [1.29, 1.82) is 0 Å². The van der Waals surface area contributed by atoms with E-state index < -0.39 is 78.5 Å². The van der Waals surface area contributed by atoms with Crippen molar-refractivity contribution in [3.63, 3.8) is 0 Å². The second kappa shape index (κ2) is 25.1. The minimum atomic E-state index is -1.59. The van der Waals surface area contributed by atoms with Crippen LogP contribution in [0.2, 0.25) is 0 Å². The number of nitrogens with zero attached hydrogens (tertiary/aromatic N) is 4.